The zero-order valence-corrected chi connectivity index (χ0v) is 18.8. The number of hydrogen-bond acceptors (Lipinski definition) is 5. The molecule has 2 heterocycles. The zero-order valence-electron chi connectivity index (χ0n) is 17.2. The summed E-state index contributed by atoms with van der Waals surface area (Å²) in [6.45, 7) is 4.00. The summed E-state index contributed by atoms with van der Waals surface area (Å²) in [5.41, 5.74) is 3.79. The average Bonchev–Trinajstić information content (AvgIpc) is 3.14. The molecule has 1 amide bonds. The summed E-state index contributed by atoms with van der Waals surface area (Å²) in [5.74, 6) is 0.572. The van der Waals surface area contributed by atoms with Crippen LogP contribution >= 0.6 is 11.8 Å². The van der Waals surface area contributed by atoms with E-state index in [4.69, 9.17) is 4.74 Å². The van der Waals surface area contributed by atoms with Crippen LogP contribution in [0.1, 0.15) is 16.7 Å². The molecule has 8 heteroatoms. The Morgan fingerprint density at radius 3 is 2.53 bits per heavy atom. The molecule has 0 bridgehead atoms. The van der Waals surface area contributed by atoms with Crippen LogP contribution in [0, 0.1) is 13.8 Å². The van der Waals surface area contributed by atoms with Crippen molar-refractivity contribution in [1.82, 2.24) is 0 Å². The number of hydrogen-bond donors (Lipinski definition) is 0. The Morgan fingerprint density at radius 1 is 1.13 bits per heavy atom. The van der Waals surface area contributed by atoms with Crippen LogP contribution in [0.5, 0.6) is 5.75 Å². The molecule has 0 saturated carbocycles. The number of aliphatic imine (C=N–C) groups is 1. The van der Waals surface area contributed by atoms with Crippen molar-refractivity contribution in [3.05, 3.63) is 59.2 Å². The molecule has 30 heavy (non-hydrogen) atoms. The number of benzene rings is 2. The predicted octanol–water partition coefficient (Wildman–Crippen LogP) is 3.16. The minimum atomic E-state index is -3.10. The second-order valence-corrected chi connectivity index (χ2v) is 11.0. The highest BCUT2D eigenvalue weighted by Crippen LogP contribution is 2.43. The monoisotopic (exact) mass is 444 g/mol. The first-order chi connectivity index (χ1) is 14.3. The minimum Gasteiger partial charge on any atom is -0.496 e. The normalized spacial score (nSPS) is 23.6. The second-order valence-electron chi connectivity index (χ2n) is 7.69. The van der Waals surface area contributed by atoms with Gasteiger partial charge in [-0.2, -0.15) is 4.99 Å². The van der Waals surface area contributed by atoms with Gasteiger partial charge in [-0.3, -0.25) is 4.79 Å². The molecule has 0 aromatic heterocycles. The second kappa shape index (κ2) is 8.07. The number of sulfone groups is 1. The third-order valence-corrected chi connectivity index (χ3v) is 8.71. The number of carbonyl (C=O) groups is 1. The van der Waals surface area contributed by atoms with Crippen molar-refractivity contribution >= 4 is 38.4 Å². The molecular formula is C22H24N2O4S2. The van der Waals surface area contributed by atoms with Gasteiger partial charge in [-0.1, -0.05) is 48.2 Å². The average molecular weight is 445 g/mol. The minimum absolute atomic E-state index is 0.0815. The third-order valence-electron chi connectivity index (χ3n) is 5.50. The van der Waals surface area contributed by atoms with Gasteiger partial charge < -0.3 is 9.64 Å². The molecule has 2 aromatic carbocycles. The largest absolute Gasteiger partial charge is 0.496 e. The van der Waals surface area contributed by atoms with Crippen LogP contribution in [0.2, 0.25) is 0 Å². The predicted molar refractivity (Wildman–Crippen MR) is 121 cm³/mol. The molecule has 0 radical (unpaired) electrons. The number of aryl methyl sites for hydroxylation is 2. The summed E-state index contributed by atoms with van der Waals surface area (Å²) in [5, 5.41) is 0.462. The summed E-state index contributed by atoms with van der Waals surface area (Å²) < 4.78 is 29.9. The number of methoxy groups -OCH3 is 1. The standard InChI is InChI=1S/C22H24N2O4S2/c1-14-7-6-8-15(2)21(14)24-17-12-30(26,27)13-19(17)29-22(24)23-20(25)11-16-9-4-5-10-18(16)28-3/h4-10,17,19H,11-13H2,1-3H3/t17-,19+/m0/s1. The van der Waals surface area contributed by atoms with Gasteiger partial charge in [0.25, 0.3) is 5.91 Å². The van der Waals surface area contributed by atoms with E-state index in [0.717, 1.165) is 22.4 Å². The van der Waals surface area contributed by atoms with E-state index in [-0.39, 0.29) is 35.1 Å². The Hall–Kier alpha value is -2.32. The maximum atomic E-state index is 12.8. The number of thioether (sulfide) groups is 1. The number of carbonyl (C=O) groups excluding carboxylic acids is 1. The number of ether oxygens (including phenoxy) is 1. The van der Waals surface area contributed by atoms with E-state index < -0.39 is 9.84 Å². The Balaban J connectivity index is 1.70. The lowest BCUT2D eigenvalue weighted by atomic mass is 10.1. The van der Waals surface area contributed by atoms with E-state index >= 15 is 0 Å². The number of fused-ring (bicyclic) bond motifs is 1. The fourth-order valence-corrected chi connectivity index (χ4v) is 8.09. The topological polar surface area (TPSA) is 76.0 Å². The molecule has 0 N–H and O–H groups in total. The maximum absolute atomic E-state index is 12.8. The van der Waals surface area contributed by atoms with Crippen LogP contribution in [-0.4, -0.2) is 49.4 Å². The molecule has 6 nitrogen and oxygen atoms in total. The lowest BCUT2D eigenvalue weighted by Gasteiger charge is -2.28. The number of para-hydroxylation sites is 2. The van der Waals surface area contributed by atoms with Crippen LogP contribution in [0.15, 0.2) is 47.5 Å². The molecule has 2 aliphatic rings. The first-order valence-corrected chi connectivity index (χ1v) is 12.4. The van der Waals surface area contributed by atoms with E-state index in [1.807, 2.05) is 61.2 Å². The van der Waals surface area contributed by atoms with Crippen molar-refractivity contribution in [1.29, 1.82) is 0 Å². The van der Waals surface area contributed by atoms with Crippen LogP contribution in [0.25, 0.3) is 0 Å². The van der Waals surface area contributed by atoms with Crippen LogP contribution < -0.4 is 9.64 Å². The molecule has 2 fully saturated rings. The van der Waals surface area contributed by atoms with Crippen LogP contribution in [-0.2, 0) is 21.1 Å². The van der Waals surface area contributed by atoms with Gasteiger partial charge in [0, 0.05) is 16.5 Å². The van der Waals surface area contributed by atoms with Gasteiger partial charge in [-0.15, -0.1) is 0 Å². The van der Waals surface area contributed by atoms with Gasteiger partial charge in [-0.05, 0) is 31.0 Å². The maximum Gasteiger partial charge on any atom is 0.252 e. The molecule has 0 unspecified atom stereocenters. The number of rotatable bonds is 4. The van der Waals surface area contributed by atoms with Crippen molar-refractivity contribution in [3.63, 3.8) is 0 Å². The van der Waals surface area contributed by atoms with E-state index in [0.29, 0.717) is 10.9 Å². The molecule has 2 aromatic rings. The first-order valence-electron chi connectivity index (χ1n) is 9.75. The van der Waals surface area contributed by atoms with Gasteiger partial charge >= 0.3 is 0 Å². The molecule has 2 saturated heterocycles. The van der Waals surface area contributed by atoms with Crippen molar-refractivity contribution in [3.8, 4) is 5.75 Å². The van der Waals surface area contributed by atoms with Crippen LogP contribution in [0.4, 0.5) is 5.69 Å². The van der Waals surface area contributed by atoms with Crippen molar-refractivity contribution in [2.45, 2.75) is 31.6 Å². The SMILES string of the molecule is COc1ccccc1CC(=O)N=C1S[C@@H]2CS(=O)(=O)C[C@@H]2N1c1c(C)cccc1C. The Morgan fingerprint density at radius 2 is 1.83 bits per heavy atom. The van der Waals surface area contributed by atoms with Crippen molar-refractivity contribution < 1.29 is 17.9 Å². The van der Waals surface area contributed by atoms with Gasteiger partial charge in [0.1, 0.15) is 5.75 Å². The van der Waals surface area contributed by atoms with Crippen LogP contribution in [0.3, 0.4) is 0 Å². The summed E-state index contributed by atoms with van der Waals surface area (Å²) in [6.07, 6.45) is 0.127. The molecule has 4 rings (SSSR count). The highest BCUT2D eigenvalue weighted by atomic mass is 32.2. The number of nitrogens with zero attached hydrogens (tertiary/aromatic N) is 2. The fourth-order valence-electron chi connectivity index (χ4n) is 4.17. The lowest BCUT2D eigenvalue weighted by molar-refractivity contribution is -0.117. The zero-order chi connectivity index (χ0) is 21.5. The van der Waals surface area contributed by atoms with Gasteiger partial charge in [0.05, 0.1) is 31.1 Å². The number of amidine groups is 1. The molecule has 2 atom stereocenters. The Labute approximate surface area is 181 Å². The summed E-state index contributed by atoms with van der Waals surface area (Å²) >= 11 is 1.40. The van der Waals surface area contributed by atoms with E-state index in [9.17, 15) is 13.2 Å². The fraction of sp³-hybridized carbons (Fsp3) is 0.364. The summed E-state index contributed by atoms with van der Waals surface area (Å²) in [6, 6.07) is 13.1. The Bertz CT molecular complexity index is 1110. The van der Waals surface area contributed by atoms with Gasteiger partial charge in [-0.25, -0.2) is 8.42 Å². The molecule has 0 spiro atoms. The van der Waals surface area contributed by atoms with Gasteiger partial charge in [0.15, 0.2) is 15.0 Å². The summed E-state index contributed by atoms with van der Waals surface area (Å²) in [4.78, 5) is 19.2. The first kappa shape index (κ1) is 20.9. The number of amides is 1. The molecule has 2 aliphatic heterocycles. The highest BCUT2D eigenvalue weighted by Gasteiger charge is 2.49. The smallest absolute Gasteiger partial charge is 0.252 e. The van der Waals surface area contributed by atoms with E-state index in [2.05, 4.69) is 4.99 Å². The Kier molecular flexibility index (Phi) is 5.63. The van der Waals surface area contributed by atoms with Crippen molar-refractivity contribution in [2.24, 2.45) is 4.99 Å². The van der Waals surface area contributed by atoms with E-state index in [1.165, 1.54) is 11.8 Å². The molecule has 0 aliphatic carbocycles. The lowest BCUT2D eigenvalue weighted by Crippen LogP contribution is -2.38. The van der Waals surface area contributed by atoms with Gasteiger partial charge in [0.2, 0.25) is 0 Å². The third kappa shape index (κ3) is 3.98. The van der Waals surface area contributed by atoms with Crippen molar-refractivity contribution in [2.75, 3.05) is 23.5 Å². The quantitative estimate of drug-likeness (QED) is 0.721. The number of anilines is 1. The molecule has 158 valence electrons. The highest BCUT2D eigenvalue weighted by molar-refractivity contribution is 8.16. The van der Waals surface area contributed by atoms with E-state index in [1.54, 1.807) is 7.11 Å². The molecular weight excluding hydrogens is 420 g/mol. The summed E-state index contributed by atoms with van der Waals surface area (Å²) in [7, 11) is -1.52.